The van der Waals surface area contributed by atoms with E-state index in [0.717, 1.165) is 5.03 Å². The summed E-state index contributed by atoms with van der Waals surface area (Å²) in [6.07, 6.45) is 1.69. The molecule has 0 fully saturated rings. The van der Waals surface area contributed by atoms with Gasteiger partial charge in [0.1, 0.15) is 5.75 Å². The summed E-state index contributed by atoms with van der Waals surface area (Å²) < 4.78 is 29.4. The molecule has 0 aliphatic carbocycles. The highest BCUT2D eigenvalue weighted by Gasteiger charge is 2.15. The molecule has 1 aromatic heterocycles. The van der Waals surface area contributed by atoms with Crippen LogP contribution in [-0.2, 0) is 9.84 Å². The zero-order valence-electron chi connectivity index (χ0n) is 11.0. The van der Waals surface area contributed by atoms with Gasteiger partial charge in [-0.15, -0.1) is 11.8 Å². The van der Waals surface area contributed by atoms with E-state index in [4.69, 9.17) is 4.74 Å². The minimum absolute atomic E-state index is 0.0708. The Morgan fingerprint density at radius 3 is 2.75 bits per heavy atom. The second-order valence-corrected chi connectivity index (χ2v) is 7.24. The van der Waals surface area contributed by atoms with Crippen molar-refractivity contribution in [1.29, 1.82) is 0 Å². The van der Waals surface area contributed by atoms with Crippen molar-refractivity contribution < 1.29 is 13.2 Å². The number of aromatic nitrogens is 1. The maximum absolute atomic E-state index is 12.2. The summed E-state index contributed by atoms with van der Waals surface area (Å²) in [7, 11) is -1.78. The molecule has 0 aliphatic heterocycles. The van der Waals surface area contributed by atoms with Gasteiger partial charge in [-0.05, 0) is 30.3 Å². The van der Waals surface area contributed by atoms with Crippen molar-refractivity contribution in [3.05, 3.63) is 48.7 Å². The van der Waals surface area contributed by atoms with Crippen LogP contribution in [0.5, 0.6) is 5.75 Å². The van der Waals surface area contributed by atoms with E-state index in [2.05, 4.69) is 4.98 Å². The highest BCUT2D eigenvalue weighted by molar-refractivity contribution is 8.00. The number of pyridine rings is 1. The molecule has 0 atom stereocenters. The molecule has 0 aliphatic rings. The van der Waals surface area contributed by atoms with Gasteiger partial charge < -0.3 is 4.74 Å². The Balaban J connectivity index is 2.00. The number of sulfone groups is 1. The number of benzene rings is 1. The first-order valence-electron chi connectivity index (χ1n) is 6.02. The molecular weight excluding hydrogens is 294 g/mol. The van der Waals surface area contributed by atoms with Gasteiger partial charge in [0.25, 0.3) is 0 Å². The predicted molar refractivity (Wildman–Crippen MR) is 80.0 cm³/mol. The third-order valence-corrected chi connectivity index (χ3v) is 5.56. The fourth-order valence-corrected chi connectivity index (χ4v) is 4.15. The Bertz CT molecular complexity index is 657. The number of hydrogen-bond donors (Lipinski definition) is 0. The van der Waals surface area contributed by atoms with Crippen LogP contribution in [0.4, 0.5) is 0 Å². The monoisotopic (exact) mass is 309 g/mol. The number of methoxy groups -OCH3 is 1. The maximum Gasteiger partial charge on any atom is 0.179 e. The number of rotatable bonds is 6. The molecule has 2 rings (SSSR count). The molecule has 1 heterocycles. The summed E-state index contributed by atoms with van der Waals surface area (Å²) >= 11 is 1.43. The molecule has 20 heavy (non-hydrogen) atoms. The fourth-order valence-electron chi connectivity index (χ4n) is 1.60. The predicted octanol–water partition coefficient (Wildman–Crippen LogP) is 2.66. The van der Waals surface area contributed by atoms with Crippen molar-refractivity contribution in [3.63, 3.8) is 0 Å². The summed E-state index contributed by atoms with van der Waals surface area (Å²) in [4.78, 5) is 4.44. The molecule has 0 saturated heterocycles. The summed E-state index contributed by atoms with van der Waals surface area (Å²) in [6, 6.07) is 12.1. The lowest BCUT2D eigenvalue weighted by atomic mass is 10.3. The Kier molecular flexibility index (Phi) is 5.03. The van der Waals surface area contributed by atoms with E-state index in [9.17, 15) is 8.42 Å². The molecular formula is C14H15NO3S2. The largest absolute Gasteiger partial charge is 0.497 e. The molecule has 0 N–H and O–H groups in total. The minimum atomic E-state index is -3.29. The second kappa shape index (κ2) is 6.76. The first-order valence-corrected chi connectivity index (χ1v) is 8.66. The summed E-state index contributed by atoms with van der Waals surface area (Å²) in [6.45, 7) is 0. The number of hydrogen-bond acceptors (Lipinski definition) is 5. The molecule has 0 radical (unpaired) electrons. The third-order valence-electron chi connectivity index (χ3n) is 2.64. The Hall–Kier alpha value is -1.53. The van der Waals surface area contributed by atoms with E-state index in [-0.39, 0.29) is 5.75 Å². The molecule has 0 bridgehead atoms. The normalized spacial score (nSPS) is 11.2. The Morgan fingerprint density at radius 1 is 1.20 bits per heavy atom. The lowest BCUT2D eigenvalue weighted by Crippen LogP contribution is -2.09. The van der Waals surface area contributed by atoms with Crippen molar-refractivity contribution in [3.8, 4) is 5.75 Å². The van der Waals surface area contributed by atoms with Gasteiger partial charge in [0.05, 0.1) is 22.8 Å². The zero-order valence-corrected chi connectivity index (χ0v) is 12.7. The number of thioether (sulfide) groups is 1. The van der Waals surface area contributed by atoms with Gasteiger partial charge >= 0.3 is 0 Å². The Morgan fingerprint density at radius 2 is 2.05 bits per heavy atom. The van der Waals surface area contributed by atoms with Crippen molar-refractivity contribution in [2.45, 2.75) is 9.92 Å². The first kappa shape index (κ1) is 14.9. The van der Waals surface area contributed by atoms with E-state index in [1.54, 1.807) is 30.5 Å². The molecule has 0 spiro atoms. The van der Waals surface area contributed by atoms with Crippen molar-refractivity contribution in [2.24, 2.45) is 0 Å². The summed E-state index contributed by atoms with van der Waals surface area (Å²) in [5, 5.41) is 0.827. The molecule has 6 heteroatoms. The van der Waals surface area contributed by atoms with E-state index >= 15 is 0 Å². The highest BCUT2D eigenvalue weighted by Crippen LogP contribution is 2.20. The van der Waals surface area contributed by atoms with Crippen LogP contribution in [0.3, 0.4) is 0 Å². The van der Waals surface area contributed by atoms with E-state index < -0.39 is 9.84 Å². The lowest BCUT2D eigenvalue weighted by Gasteiger charge is -2.06. The average Bonchev–Trinajstić information content (AvgIpc) is 2.48. The van der Waals surface area contributed by atoms with Crippen LogP contribution in [0.25, 0.3) is 0 Å². The second-order valence-electron chi connectivity index (χ2n) is 4.01. The van der Waals surface area contributed by atoms with Gasteiger partial charge in [0.15, 0.2) is 9.84 Å². The molecule has 4 nitrogen and oxygen atoms in total. The standard InChI is InChI=1S/C14H15NO3S2/c1-18-12-5-4-6-13(11-12)20(16,17)10-9-19-14-7-2-3-8-15-14/h2-8,11H,9-10H2,1H3. The van der Waals surface area contributed by atoms with Gasteiger partial charge in [-0.25, -0.2) is 13.4 Å². The lowest BCUT2D eigenvalue weighted by molar-refractivity contribution is 0.413. The van der Waals surface area contributed by atoms with Gasteiger partial charge in [-0.1, -0.05) is 12.1 Å². The van der Waals surface area contributed by atoms with Crippen molar-refractivity contribution in [2.75, 3.05) is 18.6 Å². The molecule has 0 saturated carbocycles. The van der Waals surface area contributed by atoms with Crippen LogP contribution in [0.2, 0.25) is 0 Å². The topological polar surface area (TPSA) is 56.3 Å². The average molecular weight is 309 g/mol. The minimum Gasteiger partial charge on any atom is -0.497 e. The smallest absolute Gasteiger partial charge is 0.179 e. The van der Waals surface area contributed by atoms with Crippen LogP contribution in [0.1, 0.15) is 0 Å². The number of ether oxygens (including phenoxy) is 1. The quantitative estimate of drug-likeness (QED) is 0.768. The van der Waals surface area contributed by atoms with Gasteiger partial charge in [0, 0.05) is 11.9 Å². The van der Waals surface area contributed by atoms with Gasteiger partial charge in [0.2, 0.25) is 0 Å². The SMILES string of the molecule is COc1cccc(S(=O)(=O)CCSc2ccccn2)c1. The van der Waals surface area contributed by atoms with E-state index in [1.807, 2.05) is 18.2 Å². The van der Waals surface area contributed by atoms with Crippen LogP contribution in [-0.4, -0.2) is 32.0 Å². The third kappa shape index (κ3) is 3.98. The van der Waals surface area contributed by atoms with Gasteiger partial charge in [-0.2, -0.15) is 0 Å². The van der Waals surface area contributed by atoms with E-state index in [1.165, 1.54) is 18.9 Å². The van der Waals surface area contributed by atoms with Crippen molar-refractivity contribution in [1.82, 2.24) is 4.98 Å². The van der Waals surface area contributed by atoms with Crippen LogP contribution >= 0.6 is 11.8 Å². The molecule has 0 amide bonds. The highest BCUT2D eigenvalue weighted by atomic mass is 32.2. The molecule has 1 aromatic carbocycles. The van der Waals surface area contributed by atoms with Crippen LogP contribution in [0.15, 0.2) is 58.6 Å². The van der Waals surface area contributed by atoms with Crippen LogP contribution in [0, 0.1) is 0 Å². The van der Waals surface area contributed by atoms with E-state index in [0.29, 0.717) is 16.4 Å². The fraction of sp³-hybridized carbons (Fsp3) is 0.214. The van der Waals surface area contributed by atoms with Crippen molar-refractivity contribution >= 4 is 21.6 Å². The number of nitrogens with zero attached hydrogens (tertiary/aromatic N) is 1. The molecule has 0 unspecified atom stereocenters. The zero-order chi connectivity index (χ0) is 14.4. The summed E-state index contributed by atoms with van der Waals surface area (Å²) in [5.41, 5.74) is 0. The summed E-state index contributed by atoms with van der Waals surface area (Å²) in [5.74, 6) is 1.08. The maximum atomic E-state index is 12.2. The molecule has 2 aromatic rings. The molecule has 106 valence electrons. The van der Waals surface area contributed by atoms with Crippen LogP contribution < -0.4 is 4.74 Å². The first-order chi connectivity index (χ1) is 9.62. The Labute approximate surface area is 123 Å². The van der Waals surface area contributed by atoms with Gasteiger partial charge in [-0.3, -0.25) is 0 Å².